The van der Waals surface area contributed by atoms with E-state index in [4.69, 9.17) is 4.74 Å². The third-order valence-corrected chi connectivity index (χ3v) is 4.28. The molecule has 29 heavy (non-hydrogen) atoms. The fraction of sp³-hybridized carbons (Fsp3) is 0.0500. The van der Waals surface area contributed by atoms with E-state index >= 15 is 0 Å². The van der Waals surface area contributed by atoms with E-state index in [1.807, 2.05) is 0 Å². The summed E-state index contributed by atoms with van der Waals surface area (Å²) in [5, 5.41) is 0. The predicted octanol–water partition coefficient (Wildman–Crippen LogP) is 3.71. The van der Waals surface area contributed by atoms with E-state index in [0.29, 0.717) is 11.6 Å². The molecular formula is C20H16F2NNaO4S. The molecule has 0 saturated carbocycles. The van der Waals surface area contributed by atoms with Gasteiger partial charge in [0.25, 0.3) is 0 Å². The Bertz CT molecular complexity index is 1140. The van der Waals surface area contributed by atoms with Gasteiger partial charge in [0.1, 0.15) is 5.82 Å². The molecule has 5 nitrogen and oxygen atoms in total. The van der Waals surface area contributed by atoms with Gasteiger partial charge in [-0.3, -0.25) is 9.52 Å². The zero-order valence-electron chi connectivity index (χ0n) is 14.6. The molecule has 0 aliphatic rings. The van der Waals surface area contributed by atoms with Gasteiger partial charge in [0.2, 0.25) is 10.0 Å². The van der Waals surface area contributed by atoms with E-state index in [2.05, 4.69) is 4.72 Å². The monoisotopic (exact) mass is 427 g/mol. The van der Waals surface area contributed by atoms with Crippen LogP contribution in [-0.4, -0.2) is 50.0 Å². The Morgan fingerprint density at radius 2 is 1.59 bits per heavy atom. The summed E-state index contributed by atoms with van der Waals surface area (Å²) in [5.41, 5.74) is 0.642. The van der Waals surface area contributed by atoms with Crippen molar-refractivity contribution in [3.05, 3.63) is 89.5 Å². The summed E-state index contributed by atoms with van der Waals surface area (Å²) in [6.07, 6.45) is 0.943. The Morgan fingerprint density at radius 3 is 2.21 bits per heavy atom. The molecule has 0 atom stereocenters. The van der Waals surface area contributed by atoms with Crippen LogP contribution in [0.1, 0.15) is 15.9 Å². The Morgan fingerprint density at radius 1 is 0.897 bits per heavy atom. The minimum absolute atomic E-state index is 0. The number of hydrogen-bond donors (Lipinski definition) is 1. The molecule has 1 N–H and O–H groups in total. The summed E-state index contributed by atoms with van der Waals surface area (Å²) in [6.45, 7) is 0. The second-order valence-electron chi connectivity index (χ2n) is 5.96. The molecule has 9 heteroatoms. The van der Waals surface area contributed by atoms with E-state index in [9.17, 15) is 22.0 Å². The molecule has 0 heterocycles. The molecule has 3 aromatic carbocycles. The number of benzene rings is 3. The summed E-state index contributed by atoms with van der Waals surface area (Å²) >= 11 is 0. The average Bonchev–Trinajstić information content (AvgIpc) is 2.64. The number of rotatable bonds is 6. The molecule has 0 aliphatic heterocycles. The molecule has 0 amide bonds. The van der Waals surface area contributed by atoms with Crippen LogP contribution in [0.25, 0.3) is 0 Å². The molecule has 0 radical (unpaired) electrons. The van der Waals surface area contributed by atoms with Crippen molar-refractivity contribution in [2.75, 3.05) is 11.0 Å². The van der Waals surface area contributed by atoms with Crippen LogP contribution in [0.5, 0.6) is 11.5 Å². The summed E-state index contributed by atoms with van der Waals surface area (Å²) in [7, 11) is -3.66. The van der Waals surface area contributed by atoms with Gasteiger partial charge in [0, 0.05) is 17.2 Å². The van der Waals surface area contributed by atoms with Crippen molar-refractivity contribution in [2.45, 2.75) is 0 Å². The molecule has 0 bridgehead atoms. The van der Waals surface area contributed by atoms with Crippen molar-refractivity contribution in [2.24, 2.45) is 0 Å². The van der Waals surface area contributed by atoms with E-state index in [1.165, 1.54) is 18.2 Å². The normalized spacial score (nSPS) is 10.7. The number of carbonyl (C=O) groups excluding carboxylic acids is 1. The average molecular weight is 427 g/mol. The molecule has 0 fully saturated rings. The third-order valence-electron chi connectivity index (χ3n) is 3.69. The van der Waals surface area contributed by atoms with Gasteiger partial charge in [-0.05, 0) is 30.3 Å². The van der Waals surface area contributed by atoms with Crippen molar-refractivity contribution in [1.29, 1.82) is 0 Å². The van der Waals surface area contributed by atoms with Crippen LogP contribution in [-0.2, 0) is 10.0 Å². The molecular weight excluding hydrogens is 411 g/mol. The number of sulfonamides is 1. The van der Waals surface area contributed by atoms with Crippen molar-refractivity contribution < 1.29 is 26.7 Å². The van der Waals surface area contributed by atoms with Gasteiger partial charge < -0.3 is 4.74 Å². The first-order chi connectivity index (χ1) is 13.2. The zero-order chi connectivity index (χ0) is 20.3. The number of ether oxygens (including phenoxy) is 1. The van der Waals surface area contributed by atoms with Gasteiger partial charge in [-0.2, -0.15) is 0 Å². The second kappa shape index (κ2) is 9.49. The van der Waals surface area contributed by atoms with Crippen molar-refractivity contribution in [3.8, 4) is 11.5 Å². The molecule has 3 aromatic rings. The van der Waals surface area contributed by atoms with Crippen LogP contribution < -0.4 is 9.46 Å². The molecule has 3 rings (SSSR count). The molecule has 0 saturated heterocycles. The van der Waals surface area contributed by atoms with Crippen molar-refractivity contribution in [1.82, 2.24) is 0 Å². The van der Waals surface area contributed by atoms with E-state index in [0.717, 1.165) is 18.4 Å². The number of ketones is 1. The number of hydrogen-bond acceptors (Lipinski definition) is 4. The van der Waals surface area contributed by atoms with Crippen LogP contribution in [0.2, 0.25) is 0 Å². The number of carbonyl (C=O) groups is 1. The van der Waals surface area contributed by atoms with Crippen molar-refractivity contribution >= 4 is 51.1 Å². The van der Waals surface area contributed by atoms with Gasteiger partial charge in [-0.15, -0.1) is 0 Å². The van der Waals surface area contributed by atoms with E-state index in [-0.39, 0.29) is 58.1 Å². The maximum absolute atomic E-state index is 14.0. The first-order valence-electron chi connectivity index (χ1n) is 8.07. The second-order valence-corrected chi connectivity index (χ2v) is 7.71. The quantitative estimate of drug-likeness (QED) is 0.481. The van der Waals surface area contributed by atoms with E-state index < -0.39 is 21.7 Å². The van der Waals surface area contributed by atoms with Crippen LogP contribution >= 0.6 is 0 Å². The molecule has 0 aliphatic carbocycles. The summed E-state index contributed by atoms with van der Waals surface area (Å²) < 4.78 is 58.0. The predicted molar refractivity (Wildman–Crippen MR) is 108 cm³/mol. The summed E-state index contributed by atoms with van der Waals surface area (Å²) in [4.78, 5) is 12.6. The van der Waals surface area contributed by atoms with Gasteiger partial charge in [0.15, 0.2) is 23.1 Å². The van der Waals surface area contributed by atoms with Gasteiger partial charge in [-0.25, -0.2) is 17.2 Å². The Hall–Kier alpha value is -2.26. The van der Waals surface area contributed by atoms with Crippen molar-refractivity contribution in [3.63, 3.8) is 0 Å². The molecule has 0 aromatic heterocycles. The minimum atomic E-state index is -3.66. The number of anilines is 1. The standard InChI is InChI=1S/C20H15F2NO4S.Na.H/c1-28(25,26)23-17-9-7-14(20(24)13-5-3-2-4-6-13)11-19(17)27-18-10-8-15(21)12-16(18)22;;/h2-12,23H,1H3;;. The summed E-state index contributed by atoms with van der Waals surface area (Å²) in [6, 6.07) is 15.2. The molecule has 146 valence electrons. The van der Waals surface area contributed by atoms with E-state index in [1.54, 1.807) is 30.3 Å². The Balaban J connectivity index is 0.00000300. The topological polar surface area (TPSA) is 72.5 Å². The Kier molecular flexibility index (Phi) is 7.54. The fourth-order valence-corrected chi connectivity index (χ4v) is 3.03. The van der Waals surface area contributed by atoms with Gasteiger partial charge in [-0.1, -0.05) is 30.3 Å². The fourth-order valence-electron chi connectivity index (χ4n) is 2.46. The van der Waals surface area contributed by atoms with Crippen LogP contribution in [0.3, 0.4) is 0 Å². The van der Waals surface area contributed by atoms with Crippen LogP contribution in [0, 0.1) is 11.6 Å². The number of nitrogens with one attached hydrogen (secondary N) is 1. The van der Waals surface area contributed by atoms with Crippen LogP contribution in [0.4, 0.5) is 14.5 Å². The van der Waals surface area contributed by atoms with Gasteiger partial charge >= 0.3 is 29.6 Å². The third kappa shape index (κ3) is 6.11. The Labute approximate surface area is 189 Å². The van der Waals surface area contributed by atoms with Crippen LogP contribution in [0.15, 0.2) is 66.7 Å². The number of halogens is 2. The molecule has 0 spiro atoms. The van der Waals surface area contributed by atoms with Gasteiger partial charge in [0.05, 0.1) is 11.9 Å². The zero-order valence-corrected chi connectivity index (χ0v) is 15.5. The molecule has 0 unspecified atom stereocenters. The first-order valence-corrected chi connectivity index (χ1v) is 9.96. The first kappa shape index (κ1) is 23.0. The summed E-state index contributed by atoms with van der Waals surface area (Å²) in [5.74, 6) is -2.49. The maximum atomic E-state index is 14.0. The SMILES string of the molecule is CS(=O)(=O)Nc1ccc(C(=O)c2ccccc2)cc1Oc1ccc(F)cc1F.[NaH].